The molecule has 372 valence electrons. The number of hydrogen-bond donors (Lipinski definition) is 0. The molecule has 0 fully saturated rings. The number of unbranched alkanes of at least 4 members (excludes halogenated alkanes) is 31. The first-order valence-corrected chi connectivity index (χ1v) is 27.6. The number of esters is 3. The monoisotopic (exact) mass is 897 g/mol. The maximum absolute atomic E-state index is 12.7. The molecule has 64 heavy (non-hydrogen) atoms. The molecule has 0 radical (unpaired) electrons. The van der Waals surface area contributed by atoms with Crippen LogP contribution in [-0.4, -0.2) is 37.2 Å². The van der Waals surface area contributed by atoms with Crippen molar-refractivity contribution in [1.82, 2.24) is 0 Å². The van der Waals surface area contributed by atoms with Crippen molar-refractivity contribution in [2.45, 2.75) is 290 Å². The molecule has 0 amide bonds. The lowest BCUT2D eigenvalue weighted by atomic mass is 10.0. The predicted octanol–water partition coefficient (Wildman–Crippen LogP) is 18.3. The van der Waals surface area contributed by atoms with Crippen LogP contribution in [0.3, 0.4) is 0 Å². The third-order valence-electron chi connectivity index (χ3n) is 12.1. The van der Waals surface area contributed by atoms with Crippen molar-refractivity contribution in [1.29, 1.82) is 0 Å². The largest absolute Gasteiger partial charge is 0.462 e. The maximum Gasteiger partial charge on any atom is 0.306 e. The molecule has 0 aromatic carbocycles. The Balaban J connectivity index is 4.15. The minimum Gasteiger partial charge on any atom is -0.462 e. The van der Waals surface area contributed by atoms with Crippen molar-refractivity contribution < 1.29 is 28.6 Å². The molecular weight excluding hydrogens is 793 g/mol. The fraction of sp³-hybridized carbons (Fsp3) is 0.810. The molecule has 0 aliphatic rings. The van der Waals surface area contributed by atoms with Crippen molar-refractivity contribution in [2.24, 2.45) is 0 Å². The van der Waals surface area contributed by atoms with E-state index in [2.05, 4.69) is 57.2 Å². The van der Waals surface area contributed by atoms with E-state index in [0.29, 0.717) is 19.3 Å². The Labute approximate surface area is 397 Å². The van der Waals surface area contributed by atoms with E-state index in [1.807, 2.05) is 12.2 Å². The summed E-state index contributed by atoms with van der Waals surface area (Å²) in [6.45, 7) is 6.46. The highest BCUT2D eigenvalue weighted by molar-refractivity contribution is 5.71. The van der Waals surface area contributed by atoms with Gasteiger partial charge in [0, 0.05) is 19.3 Å². The van der Waals surface area contributed by atoms with Crippen LogP contribution in [0, 0.1) is 0 Å². The third-order valence-corrected chi connectivity index (χ3v) is 12.1. The van der Waals surface area contributed by atoms with Crippen LogP contribution in [-0.2, 0) is 28.6 Å². The fourth-order valence-electron chi connectivity index (χ4n) is 7.99. The second kappa shape index (κ2) is 53.0. The molecule has 0 N–H and O–H groups in total. The van der Waals surface area contributed by atoms with Crippen molar-refractivity contribution in [3.8, 4) is 0 Å². The summed E-state index contributed by atoms with van der Waals surface area (Å²) >= 11 is 0. The first-order valence-electron chi connectivity index (χ1n) is 27.6. The highest BCUT2D eigenvalue weighted by atomic mass is 16.6. The molecule has 6 heteroatoms. The summed E-state index contributed by atoms with van der Waals surface area (Å²) in [5.41, 5.74) is 0. The summed E-state index contributed by atoms with van der Waals surface area (Å²) in [7, 11) is 0. The van der Waals surface area contributed by atoms with Gasteiger partial charge in [0.15, 0.2) is 6.10 Å². The number of ether oxygens (including phenoxy) is 3. The average molecular weight is 897 g/mol. The van der Waals surface area contributed by atoms with Crippen molar-refractivity contribution in [2.75, 3.05) is 13.2 Å². The van der Waals surface area contributed by atoms with Gasteiger partial charge in [-0.15, -0.1) is 0 Å². The minimum atomic E-state index is -0.805. The van der Waals surface area contributed by atoms with E-state index in [-0.39, 0.29) is 37.5 Å². The lowest BCUT2D eigenvalue weighted by Crippen LogP contribution is -2.30. The standard InChI is InChI=1S/C58H104O6/c1-4-7-10-13-16-19-21-23-24-25-26-27-28-29-30-31-32-33-34-36-37-39-42-45-48-51-57(60)63-54-55(53-62-56(59)50-47-44-41-18-15-12-9-6-3)64-58(61)52-49-46-43-40-38-35-22-20-17-14-11-8-5-2/h8,11,17,20,35,38,43,46,55H,4-7,9-10,12-16,18-19,21-34,36-37,39-42,44-45,47-54H2,1-3H3/b11-8-,20-17-,38-35-,46-43-. The van der Waals surface area contributed by atoms with Crippen LogP contribution in [0.15, 0.2) is 48.6 Å². The Morgan fingerprint density at radius 2 is 0.609 bits per heavy atom. The van der Waals surface area contributed by atoms with E-state index in [9.17, 15) is 14.4 Å². The molecule has 0 heterocycles. The van der Waals surface area contributed by atoms with E-state index in [0.717, 1.165) is 64.2 Å². The highest BCUT2D eigenvalue weighted by Gasteiger charge is 2.19. The number of carbonyl (C=O) groups is 3. The first kappa shape index (κ1) is 61.4. The predicted molar refractivity (Wildman–Crippen MR) is 275 cm³/mol. The quantitative estimate of drug-likeness (QED) is 0.0262. The molecule has 0 aromatic rings. The highest BCUT2D eigenvalue weighted by Crippen LogP contribution is 2.17. The minimum absolute atomic E-state index is 0.0982. The van der Waals surface area contributed by atoms with Crippen LogP contribution >= 0.6 is 0 Å². The van der Waals surface area contributed by atoms with Gasteiger partial charge in [0.25, 0.3) is 0 Å². The summed E-state index contributed by atoms with van der Waals surface area (Å²) in [5, 5.41) is 0. The number of allylic oxidation sites excluding steroid dienone is 8. The van der Waals surface area contributed by atoms with Gasteiger partial charge in [-0.3, -0.25) is 14.4 Å². The van der Waals surface area contributed by atoms with Gasteiger partial charge in [-0.1, -0.05) is 268 Å². The summed E-state index contributed by atoms with van der Waals surface area (Å²) in [6, 6.07) is 0. The summed E-state index contributed by atoms with van der Waals surface area (Å²) < 4.78 is 16.7. The summed E-state index contributed by atoms with van der Waals surface area (Å²) in [4.78, 5) is 37.8. The van der Waals surface area contributed by atoms with Gasteiger partial charge >= 0.3 is 17.9 Å². The van der Waals surface area contributed by atoms with Crippen LogP contribution in [0.2, 0.25) is 0 Å². The van der Waals surface area contributed by atoms with Gasteiger partial charge in [-0.05, 0) is 44.9 Å². The second-order valence-electron chi connectivity index (χ2n) is 18.5. The van der Waals surface area contributed by atoms with Crippen LogP contribution < -0.4 is 0 Å². The van der Waals surface area contributed by atoms with Gasteiger partial charge in [-0.2, -0.15) is 0 Å². The van der Waals surface area contributed by atoms with Gasteiger partial charge in [0.05, 0.1) is 0 Å². The van der Waals surface area contributed by atoms with Crippen LogP contribution in [0.4, 0.5) is 0 Å². The van der Waals surface area contributed by atoms with Gasteiger partial charge in [-0.25, -0.2) is 0 Å². The van der Waals surface area contributed by atoms with E-state index in [4.69, 9.17) is 14.2 Å². The SMILES string of the molecule is CC/C=C\C/C=C\C/C=C\C/C=C\CCC(=O)OC(COC(=O)CCCCCCCCCC)COC(=O)CCCCCCCCCCCCCCCCCCCCCCCCCCC. The van der Waals surface area contributed by atoms with E-state index in [1.165, 1.54) is 173 Å². The summed E-state index contributed by atoms with van der Waals surface area (Å²) in [6.07, 6.45) is 64.4. The molecule has 1 atom stereocenters. The lowest BCUT2D eigenvalue weighted by Gasteiger charge is -2.18. The lowest BCUT2D eigenvalue weighted by molar-refractivity contribution is -0.166. The van der Waals surface area contributed by atoms with Crippen LogP contribution in [0.5, 0.6) is 0 Å². The second-order valence-corrected chi connectivity index (χ2v) is 18.5. The number of hydrogen-bond acceptors (Lipinski definition) is 6. The Morgan fingerprint density at radius 1 is 0.328 bits per heavy atom. The molecule has 0 spiro atoms. The Kier molecular flexibility index (Phi) is 50.8. The molecular formula is C58H104O6. The Morgan fingerprint density at radius 3 is 0.922 bits per heavy atom. The normalized spacial score (nSPS) is 12.4. The molecule has 0 saturated heterocycles. The maximum atomic E-state index is 12.7. The zero-order valence-electron chi connectivity index (χ0n) is 42.6. The van der Waals surface area contributed by atoms with Crippen molar-refractivity contribution in [3.63, 3.8) is 0 Å². The fourth-order valence-corrected chi connectivity index (χ4v) is 7.99. The molecule has 0 aromatic heterocycles. The number of rotatable bonds is 50. The smallest absolute Gasteiger partial charge is 0.306 e. The van der Waals surface area contributed by atoms with Gasteiger partial charge < -0.3 is 14.2 Å². The van der Waals surface area contributed by atoms with Crippen LogP contribution in [0.1, 0.15) is 284 Å². The molecule has 0 aliphatic heterocycles. The topological polar surface area (TPSA) is 78.9 Å². The van der Waals surface area contributed by atoms with Gasteiger partial charge in [0.1, 0.15) is 13.2 Å². The van der Waals surface area contributed by atoms with Crippen molar-refractivity contribution in [3.05, 3.63) is 48.6 Å². The van der Waals surface area contributed by atoms with Crippen molar-refractivity contribution >= 4 is 17.9 Å². The Hall–Kier alpha value is -2.63. The molecule has 0 bridgehead atoms. The molecule has 0 aliphatic carbocycles. The first-order chi connectivity index (χ1) is 31.5. The van der Waals surface area contributed by atoms with E-state index in [1.54, 1.807) is 0 Å². The molecule has 0 saturated carbocycles. The zero-order valence-corrected chi connectivity index (χ0v) is 42.6. The third kappa shape index (κ3) is 50.4. The molecule has 0 rings (SSSR count). The number of carbonyl (C=O) groups excluding carboxylic acids is 3. The zero-order chi connectivity index (χ0) is 46.5. The summed E-state index contributed by atoms with van der Waals surface area (Å²) in [5.74, 6) is -0.975. The molecule has 6 nitrogen and oxygen atoms in total. The van der Waals surface area contributed by atoms with E-state index >= 15 is 0 Å². The van der Waals surface area contributed by atoms with E-state index < -0.39 is 6.10 Å². The van der Waals surface area contributed by atoms with Crippen LogP contribution in [0.25, 0.3) is 0 Å². The molecule has 1 unspecified atom stereocenters. The average Bonchev–Trinajstić information content (AvgIpc) is 3.29. The Bertz CT molecular complexity index is 1120. The van der Waals surface area contributed by atoms with Gasteiger partial charge in [0.2, 0.25) is 0 Å².